The second kappa shape index (κ2) is 6.30. The van der Waals surface area contributed by atoms with Gasteiger partial charge in [-0.3, -0.25) is 5.43 Å². The van der Waals surface area contributed by atoms with Gasteiger partial charge < -0.3 is 4.74 Å². The fourth-order valence-corrected chi connectivity index (χ4v) is 1.32. The Bertz CT molecular complexity index is 374. The van der Waals surface area contributed by atoms with Crippen molar-refractivity contribution in [2.24, 2.45) is 0 Å². The third-order valence-corrected chi connectivity index (χ3v) is 2.22. The first-order valence-corrected chi connectivity index (χ1v) is 5.02. The zero-order chi connectivity index (χ0) is 12.0. The number of rotatable bonds is 4. The molecule has 0 heterocycles. The van der Waals surface area contributed by atoms with Gasteiger partial charge in [-0.05, 0) is 18.1 Å². The number of benzene rings is 1. The topological polar surface area (TPSA) is 50.4 Å². The molecule has 0 radical (unpaired) electrons. The molecule has 0 aliphatic carbocycles. The summed E-state index contributed by atoms with van der Waals surface area (Å²) in [6, 6.07) is 4.80. The number of halogens is 2. The zero-order valence-corrected chi connectivity index (χ0v) is 9.47. The molecule has 0 saturated carbocycles. The molecule has 0 atom stereocenters. The molecule has 0 spiro atoms. The van der Waals surface area contributed by atoms with E-state index in [4.69, 9.17) is 11.6 Å². The van der Waals surface area contributed by atoms with E-state index in [1.54, 1.807) is 12.1 Å². The summed E-state index contributed by atoms with van der Waals surface area (Å²) in [5.74, 6) is -0.427. The Morgan fingerprint density at radius 1 is 1.56 bits per heavy atom. The third-order valence-electron chi connectivity index (χ3n) is 1.93. The standard InChI is InChI=1S/C10H12ClFN2O2/c1-16-10(15)14-13-6-5-7-3-2-4-8(11)9(7)12/h2-4,13H,5-6H2,1H3,(H,14,15). The van der Waals surface area contributed by atoms with Gasteiger partial charge >= 0.3 is 6.09 Å². The van der Waals surface area contributed by atoms with Crippen LogP contribution in [0.5, 0.6) is 0 Å². The van der Waals surface area contributed by atoms with Crippen molar-refractivity contribution in [3.8, 4) is 0 Å². The SMILES string of the molecule is COC(=O)NNCCc1cccc(Cl)c1F. The van der Waals surface area contributed by atoms with Gasteiger partial charge in [0.1, 0.15) is 5.82 Å². The highest BCUT2D eigenvalue weighted by molar-refractivity contribution is 6.30. The number of nitrogens with one attached hydrogen (secondary N) is 2. The maximum atomic E-state index is 13.4. The lowest BCUT2D eigenvalue weighted by atomic mass is 10.1. The highest BCUT2D eigenvalue weighted by Crippen LogP contribution is 2.17. The Labute approximate surface area is 97.7 Å². The highest BCUT2D eigenvalue weighted by Gasteiger charge is 2.05. The van der Waals surface area contributed by atoms with Crippen LogP contribution in [-0.2, 0) is 11.2 Å². The van der Waals surface area contributed by atoms with Gasteiger partial charge in [0, 0.05) is 6.54 Å². The molecular weight excluding hydrogens is 235 g/mol. The summed E-state index contributed by atoms with van der Waals surface area (Å²) in [4.78, 5) is 10.7. The zero-order valence-electron chi connectivity index (χ0n) is 8.72. The molecule has 0 fully saturated rings. The first kappa shape index (κ1) is 12.7. The van der Waals surface area contributed by atoms with E-state index in [1.807, 2.05) is 0 Å². The van der Waals surface area contributed by atoms with Gasteiger partial charge in [-0.2, -0.15) is 0 Å². The van der Waals surface area contributed by atoms with Crippen molar-refractivity contribution in [3.63, 3.8) is 0 Å². The van der Waals surface area contributed by atoms with Crippen LogP contribution in [0.25, 0.3) is 0 Å². The van der Waals surface area contributed by atoms with Crippen LogP contribution in [0.2, 0.25) is 5.02 Å². The van der Waals surface area contributed by atoms with E-state index in [2.05, 4.69) is 15.6 Å². The first-order chi connectivity index (χ1) is 7.65. The van der Waals surface area contributed by atoms with Crippen LogP contribution in [0, 0.1) is 5.82 Å². The van der Waals surface area contributed by atoms with E-state index in [0.717, 1.165) is 0 Å². The number of hydrogen-bond acceptors (Lipinski definition) is 3. The second-order valence-corrected chi connectivity index (χ2v) is 3.41. The van der Waals surface area contributed by atoms with Crippen molar-refractivity contribution >= 4 is 17.7 Å². The molecule has 0 bridgehead atoms. The summed E-state index contributed by atoms with van der Waals surface area (Å²) < 4.78 is 17.7. The van der Waals surface area contributed by atoms with Gasteiger partial charge in [-0.25, -0.2) is 14.6 Å². The molecule has 4 nitrogen and oxygen atoms in total. The summed E-state index contributed by atoms with van der Waals surface area (Å²) in [6.45, 7) is 0.381. The lowest BCUT2D eigenvalue weighted by molar-refractivity contribution is 0.166. The summed E-state index contributed by atoms with van der Waals surface area (Å²) >= 11 is 5.61. The van der Waals surface area contributed by atoms with Crippen molar-refractivity contribution in [3.05, 3.63) is 34.6 Å². The number of hydrazine groups is 1. The smallest absolute Gasteiger partial charge is 0.421 e. The normalized spacial score (nSPS) is 9.94. The van der Waals surface area contributed by atoms with Crippen LogP contribution in [0.15, 0.2) is 18.2 Å². The molecule has 0 aliphatic heterocycles. The Morgan fingerprint density at radius 3 is 3.00 bits per heavy atom. The van der Waals surface area contributed by atoms with Gasteiger partial charge in [0.05, 0.1) is 12.1 Å². The van der Waals surface area contributed by atoms with Crippen LogP contribution in [-0.4, -0.2) is 19.7 Å². The van der Waals surface area contributed by atoms with Crippen molar-refractivity contribution in [1.82, 2.24) is 10.9 Å². The van der Waals surface area contributed by atoms with Gasteiger partial charge in [-0.1, -0.05) is 23.7 Å². The first-order valence-electron chi connectivity index (χ1n) is 4.65. The maximum Gasteiger partial charge on any atom is 0.421 e. The monoisotopic (exact) mass is 246 g/mol. The lowest BCUT2D eigenvalue weighted by Crippen LogP contribution is -2.38. The number of carbonyl (C=O) groups excluding carboxylic acids is 1. The van der Waals surface area contributed by atoms with Crippen LogP contribution in [0.4, 0.5) is 9.18 Å². The summed E-state index contributed by atoms with van der Waals surface area (Å²) in [6.07, 6.45) is -0.178. The number of carbonyl (C=O) groups is 1. The van der Waals surface area contributed by atoms with Crippen molar-refractivity contribution in [2.75, 3.05) is 13.7 Å². The van der Waals surface area contributed by atoms with Gasteiger partial charge in [0.15, 0.2) is 0 Å². The molecule has 0 aromatic heterocycles. The minimum Gasteiger partial charge on any atom is -0.452 e. The number of methoxy groups -OCH3 is 1. The predicted octanol–water partition coefficient (Wildman–Crippen LogP) is 1.88. The van der Waals surface area contributed by atoms with Crippen molar-refractivity contribution < 1.29 is 13.9 Å². The third kappa shape index (κ3) is 3.67. The molecule has 0 unspecified atom stereocenters. The number of ether oxygens (including phenoxy) is 1. The number of amides is 1. The van der Waals surface area contributed by atoms with Gasteiger partial charge in [0.25, 0.3) is 0 Å². The Balaban J connectivity index is 2.38. The van der Waals surface area contributed by atoms with Gasteiger partial charge in [-0.15, -0.1) is 0 Å². The highest BCUT2D eigenvalue weighted by atomic mass is 35.5. The van der Waals surface area contributed by atoms with E-state index >= 15 is 0 Å². The van der Waals surface area contributed by atoms with E-state index in [9.17, 15) is 9.18 Å². The number of hydrogen-bond donors (Lipinski definition) is 2. The molecule has 0 aliphatic rings. The van der Waals surface area contributed by atoms with Crippen LogP contribution in [0.1, 0.15) is 5.56 Å². The van der Waals surface area contributed by atoms with Crippen LogP contribution in [0.3, 0.4) is 0 Å². The van der Waals surface area contributed by atoms with Crippen molar-refractivity contribution in [1.29, 1.82) is 0 Å². The molecule has 88 valence electrons. The molecular formula is C10H12ClFN2O2. The molecule has 1 aromatic rings. The van der Waals surface area contributed by atoms with E-state index in [-0.39, 0.29) is 5.02 Å². The lowest BCUT2D eigenvalue weighted by Gasteiger charge is -2.07. The minimum absolute atomic E-state index is 0.0958. The largest absolute Gasteiger partial charge is 0.452 e. The molecule has 1 amide bonds. The minimum atomic E-state index is -0.591. The molecule has 1 aromatic carbocycles. The second-order valence-electron chi connectivity index (χ2n) is 3.01. The predicted molar refractivity (Wildman–Crippen MR) is 58.7 cm³/mol. The molecule has 0 saturated heterocycles. The van der Waals surface area contributed by atoms with Crippen molar-refractivity contribution in [2.45, 2.75) is 6.42 Å². The summed E-state index contributed by atoms with van der Waals surface area (Å²) in [7, 11) is 1.26. The summed E-state index contributed by atoms with van der Waals surface area (Å²) in [5, 5.41) is 0.0958. The molecule has 1 rings (SSSR count). The summed E-state index contributed by atoms with van der Waals surface area (Å²) in [5.41, 5.74) is 5.36. The fourth-order valence-electron chi connectivity index (χ4n) is 1.12. The molecule has 6 heteroatoms. The quantitative estimate of drug-likeness (QED) is 0.630. The van der Waals surface area contributed by atoms with E-state index in [0.29, 0.717) is 18.5 Å². The van der Waals surface area contributed by atoms with E-state index in [1.165, 1.54) is 13.2 Å². The Kier molecular flexibility index (Phi) is 5.01. The van der Waals surface area contributed by atoms with Crippen LogP contribution >= 0.6 is 11.6 Å². The average Bonchev–Trinajstić information content (AvgIpc) is 2.29. The molecule has 16 heavy (non-hydrogen) atoms. The average molecular weight is 247 g/mol. The Morgan fingerprint density at radius 2 is 2.31 bits per heavy atom. The molecule has 2 N–H and O–H groups in total. The van der Waals surface area contributed by atoms with E-state index < -0.39 is 11.9 Å². The fraction of sp³-hybridized carbons (Fsp3) is 0.300. The maximum absolute atomic E-state index is 13.4. The van der Waals surface area contributed by atoms with Gasteiger partial charge in [0.2, 0.25) is 0 Å². The van der Waals surface area contributed by atoms with Crippen LogP contribution < -0.4 is 10.9 Å². The Hall–Kier alpha value is -1.33.